The Morgan fingerprint density at radius 3 is 2.03 bits per heavy atom. The molecule has 0 aliphatic carbocycles. The number of aromatic amines is 1. The first-order valence-corrected chi connectivity index (χ1v) is 11.1. The predicted molar refractivity (Wildman–Crippen MR) is 94.9 cm³/mol. The number of H-pyrrole nitrogens is 1. The van der Waals surface area contributed by atoms with Crippen molar-refractivity contribution < 1.29 is 85.1 Å². The van der Waals surface area contributed by atoms with E-state index >= 15 is 0 Å². The first-order valence-electron chi connectivity index (χ1n) is 8.33. The second kappa shape index (κ2) is 11.6. The van der Waals surface area contributed by atoms with Gasteiger partial charge in [0.1, 0.15) is 20.2 Å². The molecule has 2 aromatic rings. The molecule has 29 heavy (non-hydrogen) atoms. The fourth-order valence-electron chi connectivity index (χ4n) is 2.79. The van der Waals surface area contributed by atoms with Gasteiger partial charge in [-0.25, -0.2) is 21.5 Å². The first kappa shape index (κ1) is 29.1. The van der Waals surface area contributed by atoms with Crippen molar-refractivity contribution in [3.05, 3.63) is 39.8 Å². The van der Waals surface area contributed by atoms with Crippen LogP contribution >= 0.6 is 0 Å². The van der Waals surface area contributed by atoms with E-state index in [1.54, 1.807) is 0 Å². The zero-order valence-electron chi connectivity index (χ0n) is 16.9. The van der Waals surface area contributed by atoms with E-state index in [4.69, 9.17) is 0 Å². The second-order valence-corrected chi connectivity index (χ2v) is 8.96. The van der Waals surface area contributed by atoms with Gasteiger partial charge < -0.3 is 9.11 Å². The summed E-state index contributed by atoms with van der Waals surface area (Å²) >= 11 is 0. The van der Waals surface area contributed by atoms with Crippen LogP contribution in [0.15, 0.2) is 32.8 Å². The van der Waals surface area contributed by atoms with Gasteiger partial charge in [-0.2, -0.15) is 0 Å². The molecule has 0 saturated heterocycles. The van der Waals surface area contributed by atoms with E-state index in [0.717, 1.165) is 42.5 Å². The molecule has 2 rings (SSSR count). The van der Waals surface area contributed by atoms with E-state index in [0.29, 0.717) is 12.1 Å². The van der Waals surface area contributed by atoms with E-state index in [1.165, 1.54) is 13.0 Å². The first-order chi connectivity index (χ1) is 12.4. The Labute approximate surface area is 214 Å². The summed E-state index contributed by atoms with van der Waals surface area (Å²) in [4.78, 5) is 10.8. The Bertz CT molecular complexity index is 1110. The fraction of sp³-hybridized carbons (Fsp3) is 0.438. The molecule has 9 nitrogen and oxygen atoms in total. The average molecular weight is 462 g/mol. The number of aryl methyl sites for hydroxylation is 2. The molecule has 13 heteroatoms. The molecular weight excluding hydrogens is 442 g/mol. The summed E-state index contributed by atoms with van der Waals surface area (Å²) in [5.74, 6) is 0. The van der Waals surface area contributed by atoms with Crippen LogP contribution in [-0.2, 0) is 26.7 Å². The van der Waals surface area contributed by atoms with Gasteiger partial charge in [-0.1, -0.05) is 26.2 Å². The van der Waals surface area contributed by atoms with Crippen LogP contribution in [0.5, 0.6) is 0 Å². The maximum atomic E-state index is 12.3. The molecule has 1 N–H and O–H groups in total. The van der Waals surface area contributed by atoms with Gasteiger partial charge in [0.25, 0.3) is 5.56 Å². The van der Waals surface area contributed by atoms with Crippen LogP contribution in [0.1, 0.15) is 43.9 Å². The van der Waals surface area contributed by atoms with Crippen LogP contribution in [0.3, 0.4) is 0 Å². The Hall–Kier alpha value is 0.0500. The summed E-state index contributed by atoms with van der Waals surface area (Å²) in [5, 5.41) is 2.69. The van der Waals surface area contributed by atoms with Gasteiger partial charge in [0.05, 0.1) is 15.5 Å². The molecule has 150 valence electrons. The summed E-state index contributed by atoms with van der Waals surface area (Å²) in [6, 6.07) is 2.77. The van der Waals surface area contributed by atoms with Crippen LogP contribution in [0.25, 0.3) is 5.69 Å². The van der Waals surface area contributed by atoms with Crippen molar-refractivity contribution in [2.45, 2.75) is 55.7 Å². The molecular formula is C16H20N2Na2O7S2. The Morgan fingerprint density at radius 2 is 1.52 bits per heavy atom. The molecule has 0 amide bonds. The van der Waals surface area contributed by atoms with Crippen LogP contribution in [0.2, 0.25) is 0 Å². The van der Waals surface area contributed by atoms with E-state index in [1.807, 2.05) is 0 Å². The SMILES string of the molecule is CCCCCCc1cc(=O)n(-c2cc(S(=O)(=O)[O-])c(C)cc2S(=O)(=O)[O-])[nH]1.[Na+].[Na+]. The topological polar surface area (TPSA) is 152 Å². The van der Waals surface area contributed by atoms with Gasteiger partial charge in [-0.3, -0.25) is 9.89 Å². The Morgan fingerprint density at radius 1 is 0.931 bits per heavy atom. The maximum Gasteiger partial charge on any atom is 1.00 e. The van der Waals surface area contributed by atoms with Crippen LogP contribution in [-0.4, -0.2) is 35.7 Å². The zero-order valence-corrected chi connectivity index (χ0v) is 22.5. The van der Waals surface area contributed by atoms with Crippen molar-refractivity contribution in [2.24, 2.45) is 0 Å². The van der Waals surface area contributed by atoms with E-state index in [-0.39, 0.29) is 64.7 Å². The number of nitrogens with zero attached hydrogens (tertiary/aromatic N) is 1. The summed E-state index contributed by atoms with van der Waals surface area (Å²) in [7, 11) is -9.95. The third-order valence-electron chi connectivity index (χ3n) is 4.11. The van der Waals surface area contributed by atoms with Gasteiger partial charge in [-0.05, 0) is 37.5 Å². The maximum absolute atomic E-state index is 12.3. The van der Waals surface area contributed by atoms with Crippen molar-refractivity contribution in [3.8, 4) is 5.69 Å². The van der Waals surface area contributed by atoms with Gasteiger partial charge in [-0.15, -0.1) is 0 Å². The summed E-state index contributed by atoms with van der Waals surface area (Å²) in [5.41, 5.74) is -0.835. The van der Waals surface area contributed by atoms with E-state index < -0.39 is 41.3 Å². The minimum absolute atomic E-state index is 0. The van der Waals surface area contributed by atoms with Crippen molar-refractivity contribution in [3.63, 3.8) is 0 Å². The van der Waals surface area contributed by atoms with Gasteiger partial charge in [0.2, 0.25) is 0 Å². The van der Waals surface area contributed by atoms with Crippen molar-refractivity contribution >= 4 is 20.2 Å². The molecule has 1 heterocycles. The number of aromatic nitrogens is 2. The van der Waals surface area contributed by atoms with E-state index in [2.05, 4.69) is 12.0 Å². The standard InChI is InChI=1S/C16H22N2O7S2.2Na/c1-3-4-5-6-7-12-9-16(19)18(17-12)13-10-14(26(20,21)22)11(2)8-15(13)27(23,24)25;;/h8-10,17H,3-7H2,1-2H3,(H,20,21,22)(H,23,24,25);;/q;2*+1/p-2. The molecule has 0 aliphatic heterocycles. The summed E-state index contributed by atoms with van der Waals surface area (Å²) < 4.78 is 69.8. The third-order valence-corrected chi connectivity index (χ3v) is 5.95. The normalized spacial score (nSPS) is 11.6. The molecule has 0 saturated carbocycles. The second-order valence-electron chi connectivity index (χ2n) is 6.26. The summed E-state index contributed by atoms with van der Waals surface area (Å²) in [6.45, 7) is 3.25. The largest absolute Gasteiger partial charge is 1.00 e. The molecule has 0 aliphatic rings. The predicted octanol–water partition coefficient (Wildman–Crippen LogP) is -4.59. The molecule has 1 aromatic carbocycles. The molecule has 0 fully saturated rings. The fourth-order valence-corrected chi connectivity index (χ4v) is 4.23. The quantitative estimate of drug-likeness (QED) is 0.235. The number of benzene rings is 1. The summed E-state index contributed by atoms with van der Waals surface area (Å²) in [6.07, 6.45) is 4.35. The molecule has 0 bridgehead atoms. The molecule has 0 unspecified atom stereocenters. The van der Waals surface area contributed by atoms with Gasteiger partial charge >= 0.3 is 59.1 Å². The van der Waals surface area contributed by atoms with Gasteiger partial charge in [0, 0.05) is 11.8 Å². The molecule has 1 aromatic heterocycles. The smallest absolute Gasteiger partial charge is 0.744 e. The zero-order chi connectivity index (χ0) is 20.4. The number of hydrogen-bond donors (Lipinski definition) is 1. The monoisotopic (exact) mass is 462 g/mol. The number of nitrogens with one attached hydrogen (secondary N) is 1. The average Bonchev–Trinajstić information content (AvgIpc) is 2.90. The Balaban J connectivity index is 0.00000392. The minimum Gasteiger partial charge on any atom is -0.744 e. The van der Waals surface area contributed by atoms with Crippen molar-refractivity contribution in [2.75, 3.05) is 0 Å². The molecule has 0 atom stereocenters. The van der Waals surface area contributed by atoms with Crippen LogP contribution in [0.4, 0.5) is 0 Å². The van der Waals surface area contributed by atoms with Crippen molar-refractivity contribution in [1.29, 1.82) is 0 Å². The van der Waals surface area contributed by atoms with Crippen LogP contribution < -0.4 is 64.7 Å². The molecule has 0 spiro atoms. The van der Waals surface area contributed by atoms with Crippen LogP contribution in [0, 0.1) is 6.92 Å². The van der Waals surface area contributed by atoms with Crippen molar-refractivity contribution in [1.82, 2.24) is 9.78 Å². The minimum atomic E-state index is -5.02. The number of unbranched alkanes of at least 4 members (excludes halogenated alkanes) is 3. The third kappa shape index (κ3) is 7.60. The van der Waals surface area contributed by atoms with E-state index in [9.17, 15) is 30.7 Å². The number of rotatable bonds is 8. The molecule has 0 radical (unpaired) electrons. The van der Waals surface area contributed by atoms with Gasteiger partial charge in [0.15, 0.2) is 0 Å². The Kier molecular flexibility index (Phi) is 11.6. The number of hydrogen-bond acceptors (Lipinski definition) is 7.